The van der Waals surface area contributed by atoms with E-state index >= 15 is 0 Å². The van der Waals surface area contributed by atoms with Crippen molar-refractivity contribution < 1.29 is 4.39 Å². The van der Waals surface area contributed by atoms with Crippen molar-refractivity contribution in [2.24, 2.45) is 0 Å². The van der Waals surface area contributed by atoms with Crippen LogP contribution >= 0.6 is 38.9 Å². The van der Waals surface area contributed by atoms with Gasteiger partial charge < -0.3 is 0 Å². The van der Waals surface area contributed by atoms with Gasteiger partial charge >= 0.3 is 0 Å². The van der Waals surface area contributed by atoms with Gasteiger partial charge in [-0.15, -0.1) is 22.9 Å². The van der Waals surface area contributed by atoms with Gasteiger partial charge in [-0.2, -0.15) is 0 Å². The van der Waals surface area contributed by atoms with Crippen LogP contribution in [0.2, 0.25) is 0 Å². The number of rotatable bonds is 2. The molecule has 1 nitrogen and oxygen atoms in total. The summed E-state index contributed by atoms with van der Waals surface area (Å²) in [6.45, 7) is 0. The van der Waals surface area contributed by atoms with Crippen LogP contribution in [0.5, 0.6) is 0 Å². The summed E-state index contributed by atoms with van der Waals surface area (Å²) in [7, 11) is 0. The Bertz CT molecular complexity index is 486. The van der Waals surface area contributed by atoms with Gasteiger partial charge in [0.15, 0.2) is 3.92 Å². The quantitative estimate of drug-likeness (QED) is 0.747. The summed E-state index contributed by atoms with van der Waals surface area (Å²) in [5, 5.41) is 0. The number of benzene rings is 1. The average Bonchev–Trinajstić information content (AvgIpc) is 2.60. The minimum atomic E-state index is -0.250. The van der Waals surface area contributed by atoms with E-state index in [1.165, 1.54) is 17.4 Å². The number of aromatic nitrogens is 1. The molecule has 2 rings (SSSR count). The summed E-state index contributed by atoms with van der Waals surface area (Å²) >= 11 is 10.4. The SMILES string of the molecule is Fc1ccccc1-c1sc(Br)nc1CCl. The molecule has 0 atom stereocenters. The number of halogens is 3. The van der Waals surface area contributed by atoms with Crippen molar-refractivity contribution in [2.45, 2.75) is 5.88 Å². The molecule has 5 heteroatoms. The van der Waals surface area contributed by atoms with Crippen LogP contribution in [0.15, 0.2) is 28.2 Å². The van der Waals surface area contributed by atoms with Crippen molar-refractivity contribution in [2.75, 3.05) is 0 Å². The first-order chi connectivity index (χ1) is 7.22. The molecule has 0 aliphatic heterocycles. The van der Waals surface area contributed by atoms with E-state index < -0.39 is 0 Å². The molecular weight excluding hydrogens is 301 g/mol. The maximum atomic E-state index is 13.5. The molecule has 0 N–H and O–H groups in total. The van der Waals surface area contributed by atoms with Crippen LogP contribution in [0, 0.1) is 5.82 Å². The lowest BCUT2D eigenvalue weighted by molar-refractivity contribution is 0.631. The van der Waals surface area contributed by atoms with Crippen LogP contribution in [0.25, 0.3) is 10.4 Å². The molecule has 0 aliphatic rings. The Morgan fingerprint density at radius 3 is 2.80 bits per heavy atom. The van der Waals surface area contributed by atoms with Crippen molar-refractivity contribution >= 4 is 38.9 Å². The zero-order valence-electron chi connectivity index (χ0n) is 7.51. The number of hydrogen-bond donors (Lipinski definition) is 0. The number of nitrogens with zero attached hydrogens (tertiary/aromatic N) is 1. The largest absolute Gasteiger partial charge is 0.232 e. The van der Waals surface area contributed by atoms with Gasteiger partial charge in [-0.1, -0.05) is 18.2 Å². The third-order valence-corrected chi connectivity index (χ3v) is 3.75. The Balaban J connectivity index is 2.58. The lowest BCUT2D eigenvalue weighted by Crippen LogP contribution is -1.85. The second-order valence-electron chi connectivity index (χ2n) is 2.86. The fourth-order valence-corrected chi connectivity index (χ4v) is 3.08. The highest BCUT2D eigenvalue weighted by molar-refractivity contribution is 9.11. The first kappa shape index (κ1) is 11.0. The molecule has 0 fully saturated rings. The molecule has 0 spiro atoms. The molecule has 0 saturated heterocycles. The molecule has 2 aromatic rings. The first-order valence-electron chi connectivity index (χ1n) is 4.18. The molecule has 0 radical (unpaired) electrons. The van der Waals surface area contributed by atoms with Crippen LogP contribution in [0.1, 0.15) is 5.69 Å². The zero-order chi connectivity index (χ0) is 10.8. The van der Waals surface area contributed by atoms with E-state index in [1.807, 2.05) is 0 Å². The number of alkyl halides is 1. The van der Waals surface area contributed by atoms with Gasteiger partial charge in [-0.25, -0.2) is 9.37 Å². The standard InChI is InChI=1S/C10H6BrClFNS/c11-10-14-8(5-12)9(15-10)6-3-1-2-4-7(6)13/h1-4H,5H2. The van der Waals surface area contributed by atoms with E-state index in [4.69, 9.17) is 11.6 Å². The Hall–Kier alpha value is -0.450. The van der Waals surface area contributed by atoms with Crippen LogP contribution in [0.3, 0.4) is 0 Å². The highest BCUT2D eigenvalue weighted by Gasteiger charge is 2.13. The van der Waals surface area contributed by atoms with Gasteiger partial charge in [-0.05, 0) is 22.0 Å². The fraction of sp³-hybridized carbons (Fsp3) is 0.100. The summed E-state index contributed by atoms with van der Waals surface area (Å²) in [4.78, 5) is 4.97. The predicted octanol–water partition coefficient (Wildman–Crippen LogP) is 4.45. The first-order valence-corrected chi connectivity index (χ1v) is 6.33. The van der Waals surface area contributed by atoms with Gasteiger partial charge in [0.05, 0.1) is 16.5 Å². The van der Waals surface area contributed by atoms with Crippen molar-refractivity contribution in [3.63, 3.8) is 0 Å². The smallest absolute Gasteiger partial charge is 0.159 e. The zero-order valence-corrected chi connectivity index (χ0v) is 10.7. The van der Waals surface area contributed by atoms with Crippen molar-refractivity contribution in [1.82, 2.24) is 4.98 Å². The third-order valence-electron chi connectivity index (χ3n) is 1.92. The molecule has 0 amide bonds. The molecule has 0 bridgehead atoms. The molecule has 0 aliphatic carbocycles. The molecule has 0 unspecified atom stereocenters. The maximum absolute atomic E-state index is 13.5. The summed E-state index contributed by atoms with van der Waals surface area (Å²) in [5.41, 5.74) is 1.26. The van der Waals surface area contributed by atoms with Crippen LogP contribution in [0.4, 0.5) is 4.39 Å². The van der Waals surface area contributed by atoms with E-state index in [9.17, 15) is 4.39 Å². The van der Waals surface area contributed by atoms with E-state index in [0.29, 0.717) is 11.3 Å². The highest BCUT2D eigenvalue weighted by Crippen LogP contribution is 2.35. The highest BCUT2D eigenvalue weighted by atomic mass is 79.9. The molecule has 1 aromatic carbocycles. The fourth-order valence-electron chi connectivity index (χ4n) is 1.27. The molecule has 15 heavy (non-hydrogen) atoms. The minimum absolute atomic E-state index is 0.250. The van der Waals surface area contributed by atoms with Gasteiger partial charge in [-0.3, -0.25) is 0 Å². The van der Waals surface area contributed by atoms with Gasteiger partial charge in [0, 0.05) is 5.56 Å². The summed E-state index contributed by atoms with van der Waals surface area (Å²) in [6, 6.07) is 6.62. The van der Waals surface area contributed by atoms with Crippen molar-refractivity contribution in [3.05, 3.63) is 39.7 Å². The van der Waals surface area contributed by atoms with E-state index in [2.05, 4.69) is 20.9 Å². The van der Waals surface area contributed by atoms with E-state index in [1.54, 1.807) is 18.2 Å². The van der Waals surface area contributed by atoms with Crippen LogP contribution in [-0.4, -0.2) is 4.98 Å². The summed E-state index contributed by atoms with van der Waals surface area (Å²) in [5.74, 6) is 0.0335. The maximum Gasteiger partial charge on any atom is 0.159 e. The third kappa shape index (κ3) is 2.22. The average molecular weight is 307 g/mol. The summed E-state index contributed by atoms with van der Waals surface area (Å²) in [6.07, 6.45) is 0. The molecular formula is C10H6BrClFNS. The number of hydrogen-bond acceptors (Lipinski definition) is 2. The lowest BCUT2D eigenvalue weighted by Gasteiger charge is -2.00. The Morgan fingerprint density at radius 2 is 2.13 bits per heavy atom. The van der Waals surface area contributed by atoms with Crippen LogP contribution in [-0.2, 0) is 5.88 Å². The predicted molar refractivity (Wildman–Crippen MR) is 64.8 cm³/mol. The van der Waals surface area contributed by atoms with E-state index in [0.717, 1.165) is 8.79 Å². The lowest BCUT2D eigenvalue weighted by atomic mass is 10.1. The molecule has 0 saturated carbocycles. The molecule has 78 valence electrons. The number of thiazole rings is 1. The van der Waals surface area contributed by atoms with E-state index in [-0.39, 0.29) is 11.7 Å². The van der Waals surface area contributed by atoms with Gasteiger partial charge in [0.2, 0.25) is 0 Å². The Morgan fingerprint density at radius 1 is 1.40 bits per heavy atom. The van der Waals surface area contributed by atoms with Gasteiger partial charge in [0.1, 0.15) is 5.82 Å². The monoisotopic (exact) mass is 305 g/mol. The normalized spacial score (nSPS) is 10.6. The Labute approximate surface area is 104 Å². The second-order valence-corrected chi connectivity index (χ2v) is 5.40. The Kier molecular flexibility index (Phi) is 3.38. The van der Waals surface area contributed by atoms with Gasteiger partial charge in [0.25, 0.3) is 0 Å². The summed E-state index contributed by atoms with van der Waals surface area (Å²) < 4.78 is 14.2. The van der Waals surface area contributed by atoms with Crippen molar-refractivity contribution in [3.8, 4) is 10.4 Å². The molecule has 1 aromatic heterocycles. The topological polar surface area (TPSA) is 12.9 Å². The van der Waals surface area contributed by atoms with Crippen LogP contribution < -0.4 is 0 Å². The van der Waals surface area contributed by atoms with Crippen molar-refractivity contribution in [1.29, 1.82) is 0 Å². The second kappa shape index (κ2) is 4.60. The minimum Gasteiger partial charge on any atom is -0.232 e. The molecule has 1 heterocycles.